The molecule has 1 fully saturated rings. The van der Waals surface area contributed by atoms with Crippen molar-refractivity contribution in [3.63, 3.8) is 0 Å². The lowest BCUT2D eigenvalue weighted by molar-refractivity contribution is -0.123. The molecule has 17 heavy (non-hydrogen) atoms. The predicted octanol–water partition coefficient (Wildman–Crippen LogP) is 2.82. The Kier molecular flexibility index (Phi) is 2.39. The maximum absolute atomic E-state index is 12.0. The van der Waals surface area contributed by atoms with E-state index < -0.39 is 0 Å². The topological polar surface area (TPSA) is 34.0 Å². The molecular weight excluding hydrogens is 212 g/mol. The Bertz CT molecular complexity index is 567. The van der Waals surface area contributed by atoms with E-state index in [1.165, 1.54) is 11.8 Å². The van der Waals surface area contributed by atoms with Gasteiger partial charge in [0.25, 0.3) is 0 Å². The molecule has 2 aromatic rings. The number of para-hydroxylation sites is 1. The smallest absolute Gasteiger partial charge is 0.241 e. The van der Waals surface area contributed by atoms with Crippen molar-refractivity contribution >= 4 is 16.8 Å². The Morgan fingerprint density at radius 2 is 2.12 bits per heavy atom. The third-order valence-corrected chi connectivity index (χ3v) is 3.59. The second-order valence-corrected chi connectivity index (χ2v) is 4.78. The Morgan fingerprint density at radius 3 is 2.82 bits per heavy atom. The van der Waals surface area contributed by atoms with E-state index in [-0.39, 0.29) is 11.8 Å². The number of aromatic nitrogens is 1. The average molecular weight is 228 g/mol. The van der Waals surface area contributed by atoms with Crippen LogP contribution in [-0.2, 0) is 4.79 Å². The first kappa shape index (κ1) is 10.4. The first-order valence-corrected chi connectivity index (χ1v) is 6.13. The van der Waals surface area contributed by atoms with Gasteiger partial charge in [-0.3, -0.25) is 14.9 Å². The van der Waals surface area contributed by atoms with Crippen molar-refractivity contribution in [1.82, 2.24) is 4.68 Å². The molecular formula is C14H16N2O. The SMILES string of the molecule is Cc1cc2ccccc2n1NC(=O)C1CCC1. The van der Waals surface area contributed by atoms with E-state index in [1.807, 2.05) is 29.8 Å². The van der Waals surface area contributed by atoms with Crippen molar-refractivity contribution in [1.29, 1.82) is 0 Å². The standard InChI is InChI=1S/C14H16N2O/c1-10-9-12-5-2-3-8-13(12)16(10)15-14(17)11-6-4-7-11/h2-3,5,8-9,11H,4,6-7H2,1H3,(H,15,17). The summed E-state index contributed by atoms with van der Waals surface area (Å²) in [4.78, 5) is 12.0. The molecule has 1 amide bonds. The quantitative estimate of drug-likeness (QED) is 0.842. The Labute approximate surface area is 100 Å². The number of carbonyl (C=O) groups excluding carboxylic acids is 1. The van der Waals surface area contributed by atoms with Crippen LogP contribution < -0.4 is 5.43 Å². The third kappa shape index (κ3) is 1.71. The lowest BCUT2D eigenvalue weighted by atomic mass is 9.85. The molecule has 1 aromatic carbocycles. The summed E-state index contributed by atoms with van der Waals surface area (Å²) in [5, 5.41) is 1.17. The van der Waals surface area contributed by atoms with Crippen LogP contribution in [0.5, 0.6) is 0 Å². The number of aryl methyl sites for hydroxylation is 1. The molecule has 0 bridgehead atoms. The fourth-order valence-corrected chi connectivity index (χ4v) is 2.31. The highest BCUT2D eigenvalue weighted by Gasteiger charge is 2.25. The van der Waals surface area contributed by atoms with Crippen molar-refractivity contribution in [2.45, 2.75) is 26.2 Å². The van der Waals surface area contributed by atoms with E-state index in [0.29, 0.717) is 0 Å². The molecule has 0 unspecified atom stereocenters. The van der Waals surface area contributed by atoms with Gasteiger partial charge in [-0.1, -0.05) is 24.6 Å². The predicted molar refractivity (Wildman–Crippen MR) is 68.4 cm³/mol. The van der Waals surface area contributed by atoms with E-state index in [1.54, 1.807) is 0 Å². The minimum absolute atomic E-state index is 0.153. The van der Waals surface area contributed by atoms with Crippen LogP contribution in [0.15, 0.2) is 30.3 Å². The number of fused-ring (bicyclic) bond motifs is 1. The molecule has 0 radical (unpaired) electrons. The van der Waals surface area contributed by atoms with Crippen LogP contribution >= 0.6 is 0 Å². The van der Waals surface area contributed by atoms with Crippen LogP contribution in [0.4, 0.5) is 0 Å². The summed E-state index contributed by atoms with van der Waals surface area (Å²) in [6, 6.07) is 10.2. The largest absolute Gasteiger partial charge is 0.273 e. The Balaban J connectivity index is 1.93. The van der Waals surface area contributed by atoms with Crippen LogP contribution in [-0.4, -0.2) is 10.6 Å². The summed E-state index contributed by atoms with van der Waals surface area (Å²) in [5.74, 6) is 0.372. The molecule has 1 heterocycles. The van der Waals surface area contributed by atoms with E-state index >= 15 is 0 Å². The van der Waals surface area contributed by atoms with Crippen molar-refractivity contribution in [3.05, 3.63) is 36.0 Å². The number of nitrogens with zero attached hydrogens (tertiary/aromatic N) is 1. The van der Waals surface area contributed by atoms with Crippen LogP contribution in [0.2, 0.25) is 0 Å². The van der Waals surface area contributed by atoms with Gasteiger partial charge < -0.3 is 0 Å². The number of benzene rings is 1. The van der Waals surface area contributed by atoms with Gasteiger partial charge in [0.1, 0.15) is 0 Å². The summed E-state index contributed by atoms with van der Waals surface area (Å²) in [6.45, 7) is 2.01. The first-order valence-electron chi connectivity index (χ1n) is 6.13. The third-order valence-electron chi connectivity index (χ3n) is 3.59. The van der Waals surface area contributed by atoms with Gasteiger partial charge in [-0.15, -0.1) is 0 Å². The van der Waals surface area contributed by atoms with Crippen molar-refractivity contribution < 1.29 is 4.79 Å². The van der Waals surface area contributed by atoms with Crippen LogP contribution in [0.25, 0.3) is 10.9 Å². The molecule has 1 aromatic heterocycles. The zero-order valence-corrected chi connectivity index (χ0v) is 9.94. The van der Waals surface area contributed by atoms with E-state index in [9.17, 15) is 4.79 Å². The zero-order valence-electron chi connectivity index (χ0n) is 9.94. The Morgan fingerprint density at radius 1 is 1.35 bits per heavy atom. The minimum Gasteiger partial charge on any atom is -0.273 e. The zero-order chi connectivity index (χ0) is 11.8. The summed E-state index contributed by atoms with van der Waals surface area (Å²) < 4.78 is 1.90. The van der Waals surface area contributed by atoms with Gasteiger partial charge in [0.2, 0.25) is 5.91 Å². The highest BCUT2D eigenvalue weighted by atomic mass is 16.2. The highest BCUT2D eigenvalue weighted by Crippen LogP contribution is 2.27. The monoisotopic (exact) mass is 228 g/mol. The number of carbonyl (C=O) groups is 1. The molecule has 1 aliphatic carbocycles. The lowest BCUT2D eigenvalue weighted by Crippen LogP contribution is -2.33. The molecule has 0 saturated heterocycles. The number of rotatable bonds is 2. The van der Waals surface area contributed by atoms with Gasteiger partial charge >= 0.3 is 0 Å². The number of hydrogen-bond acceptors (Lipinski definition) is 1. The van der Waals surface area contributed by atoms with Crippen LogP contribution in [0.1, 0.15) is 25.0 Å². The fraction of sp³-hybridized carbons (Fsp3) is 0.357. The van der Waals surface area contributed by atoms with E-state index in [0.717, 1.165) is 24.1 Å². The number of nitrogens with one attached hydrogen (secondary N) is 1. The Hall–Kier alpha value is -1.77. The van der Waals surface area contributed by atoms with Crippen molar-refractivity contribution in [3.8, 4) is 0 Å². The first-order chi connectivity index (χ1) is 8.25. The lowest BCUT2D eigenvalue weighted by Gasteiger charge is -2.24. The second kappa shape index (κ2) is 3.91. The summed E-state index contributed by atoms with van der Waals surface area (Å²) in [7, 11) is 0. The molecule has 3 heteroatoms. The minimum atomic E-state index is 0.153. The van der Waals surface area contributed by atoms with Crippen LogP contribution in [0.3, 0.4) is 0 Å². The molecule has 0 atom stereocenters. The molecule has 1 aliphatic rings. The summed E-state index contributed by atoms with van der Waals surface area (Å²) in [5.41, 5.74) is 5.15. The maximum Gasteiger partial charge on any atom is 0.241 e. The average Bonchev–Trinajstić information content (AvgIpc) is 2.53. The molecule has 0 aliphatic heterocycles. The molecule has 0 spiro atoms. The highest BCUT2D eigenvalue weighted by molar-refractivity contribution is 5.90. The van der Waals surface area contributed by atoms with E-state index in [4.69, 9.17) is 0 Å². The van der Waals surface area contributed by atoms with Crippen LogP contribution in [0, 0.1) is 12.8 Å². The molecule has 1 saturated carbocycles. The summed E-state index contributed by atoms with van der Waals surface area (Å²) in [6.07, 6.45) is 3.25. The van der Waals surface area contributed by atoms with Gasteiger partial charge in [-0.25, -0.2) is 0 Å². The van der Waals surface area contributed by atoms with Gasteiger partial charge in [0.05, 0.1) is 5.52 Å². The normalized spacial score (nSPS) is 15.8. The molecule has 1 N–H and O–H groups in total. The summed E-state index contributed by atoms with van der Waals surface area (Å²) >= 11 is 0. The van der Waals surface area contributed by atoms with Crippen molar-refractivity contribution in [2.75, 3.05) is 5.43 Å². The maximum atomic E-state index is 12.0. The van der Waals surface area contributed by atoms with Crippen molar-refractivity contribution in [2.24, 2.45) is 5.92 Å². The molecule has 3 rings (SSSR count). The molecule has 88 valence electrons. The number of hydrogen-bond donors (Lipinski definition) is 1. The van der Waals surface area contributed by atoms with Gasteiger partial charge in [0, 0.05) is 17.0 Å². The van der Waals surface area contributed by atoms with E-state index in [2.05, 4.69) is 17.6 Å². The van der Waals surface area contributed by atoms with Gasteiger partial charge in [-0.05, 0) is 31.9 Å². The second-order valence-electron chi connectivity index (χ2n) is 4.78. The molecule has 3 nitrogen and oxygen atoms in total. The van der Waals surface area contributed by atoms with Gasteiger partial charge in [0.15, 0.2) is 0 Å². The number of amides is 1. The van der Waals surface area contributed by atoms with Gasteiger partial charge in [-0.2, -0.15) is 0 Å². The fourth-order valence-electron chi connectivity index (χ4n) is 2.31.